The normalized spacial score (nSPS) is 11.3. The molecule has 25 heavy (non-hydrogen) atoms. The second-order valence-corrected chi connectivity index (χ2v) is 8.57. The average Bonchev–Trinajstić information content (AvgIpc) is 2.60. The van der Waals surface area contributed by atoms with Crippen LogP contribution in [0.3, 0.4) is 0 Å². The van der Waals surface area contributed by atoms with E-state index in [-0.39, 0.29) is 11.4 Å². The highest BCUT2D eigenvalue weighted by Gasteiger charge is 2.25. The second-order valence-electron chi connectivity index (χ2n) is 5.79. The highest BCUT2D eigenvalue weighted by Crippen LogP contribution is 2.28. The molecule has 3 rings (SSSR count). The Balaban J connectivity index is 2.09. The molecule has 0 aromatic heterocycles. The number of hydrogen-bond donors (Lipinski definition) is 0. The molecule has 0 aliphatic carbocycles. The van der Waals surface area contributed by atoms with Crippen molar-refractivity contribution in [2.75, 3.05) is 4.31 Å². The summed E-state index contributed by atoms with van der Waals surface area (Å²) in [5, 5.41) is 0. The van der Waals surface area contributed by atoms with E-state index < -0.39 is 10.0 Å². The fourth-order valence-corrected chi connectivity index (χ4v) is 4.50. The third-order valence-electron chi connectivity index (χ3n) is 3.84. The van der Waals surface area contributed by atoms with Crippen molar-refractivity contribution in [2.45, 2.75) is 18.4 Å². The van der Waals surface area contributed by atoms with E-state index in [0.717, 1.165) is 15.6 Å². The summed E-state index contributed by atoms with van der Waals surface area (Å²) >= 11 is 3.43. The summed E-state index contributed by atoms with van der Waals surface area (Å²) in [6, 6.07) is 23.7. The molecule has 128 valence electrons. The van der Waals surface area contributed by atoms with E-state index in [2.05, 4.69) is 15.9 Å². The molecule has 5 heteroatoms. The molecule has 0 bridgehead atoms. The van der Waals surface area contributed by atoms with Crippen LogP contribution in [0.25, 0.3) is 0 Å². The molecule has 0 spiro atoms. The van der Waals surface area contributed by atoms with Gasteiger partial charge in [0.15, 0.2) is 0 Å². The van der Waals surface area contributed by atoms with Crippen molar-refractivity contribution in [3.63, 3.8) is 0 Å². The molecule has 0 atom stereocenters. The Labute approximate surface area is 157 Å². The zero-order valence-corrected chi connectivity index (χ0v) is 16.2. The average molecular weight is 416 g/mol. The smallest absolute Gasteiger partial charge is 0.262 e. The molecule has 0 radical (unpaired) electrons. The maximum atomic E-state index is 13.2. The van der Waals surface area contributed by atoms with Crippen LogP contribution in [0.2, 0.25) is 0 Å². The zero-order chi connectivity index (χ0) is 17.9. The van der Waals surface area contributed by atoms with Crippen LogP contribution in [0.1, 0.15) is 11.1 Å². The summed E-state index contributed by atoms with van der Waals surface area (Å²) in [6.07, 6.45) is 0. The molecule has 0 saturated heterocycles. The molecule has 0 heterocycles. The lowest BCUT2D eigenvalue weighted by molar-refractivity contribution is 0.590. The van der Waals surface area contributed by atoms with Gasteiger partial charge in [-0.2, -0.15) is 0 Å². The number of halogens is 1. The van der Waals surface area contributed by atoms with Gasteiger partial charge < -0.3 is 0 Å². The fourth-order valence-electron chi connectivity index (χ4n) is 2.64. The molecule has 0 saturated carbocycles. The van der Waals surface area contributed by atoms with E-state index in [1.54, 1.807) is 30.3 Å². The number of nitrogens with zero attached hydrogens (tertiary/aromatic N) is 1. The van der Waals surface area contributed by atoms with Crippen molar-refractivity contribution >= 4 is 31.6 Å². The molecule has 0 aliphatic heterocycles. The topological polar surface area (TPSA) is 37.4 Å². The SMILES string of the molecule is Cc1cccc(CN(c2cccc(Br)c2)S(=O)(=O)c2ccccc2)c1. The minimum Gasteiger partial charge on any atom is -0.262 e. The van der Waals surface area contributed by atoms with Crippen LogP contribution in [-0.2, 0) is 16.6 Å². The highest BCUT2D eigenvalue weighted by atomic mass is 79.9. The van der Waals surface area contributed by atoms with Crippen molar-refractivity contribution in [3.05, 3.63) is 94.5 Å². The van der Waals surface area contributed by atoms with E-state index in [1.165, 1.54) is 4.31 Å². The number of rotatable bonds is 5. The van der Waals surface area contributed by atoms with Gasteiger partial charge in [0.05, 0.1) is 17.1 Å². The summed E-state index contributed by atoms with van der Waals surface area (Å²) in [7, 11) is -3.67. The summed E-state index contributed by atoms with van der Waals surface area (Å²) in [4.78, 5) is 0.280. The number of anilines is 1. The summed E-state index contributed by atoms with van der Waals surface area (Å²) in [5.74, 6) is 0. The van der Waals surface area contributed by atoms with Crippen molar-refractivity contribution < 1.29 is 8.42 Å². The minimum absolute atomic E-state index is 0.273. The first kappa shape index (κ1) is 17.7. The standard InChI is InChI=1S/C20H18BrNO2S/c1-16-7-5-8-17(13-16)15-22(19-10-6-9-18(21)14-19)25(23,24)20-11-3-2-4-12-20/h2-14H,15H2,1H3. The third kappa shape index (κ3) is 4.11. The van der Waals surface area contributed by atoms with Crippen LogP contribution in [-0.4, -0.2) is 8.42 Å². The molecule has 0 fully saturated rings. The van der Waals surface area contributed by atoms with Crippen molar-refractivity contribution in [1.82, 2.24) is 0 Å². The van der Waals surface area contributed by atoms with Gasteiger partial charge in [-0.1, -0.05) is 70.0 Å². The van der Waals surface area contributed by atoms with Crippen LogP contribution in [0, 0.1) is 6.92 Å². The minimum atomic E-state index is -3.67. The van der Waals surface area contributed by atoms with Crippen molar-refractivity contribution in [2.24, 2.45) is 0 Å². The Morgan fingerprint density at radius 3 is 2.28 bits per heavy atom. The van der Waals surface area contributed by atoms with Crippen LogP contribution in [0.15, 0.2) is 88.2 Å². The number of benzene rings is 3. The largest absolute Gasteiger partial charge is 0.264 e. The van der Waals surface area contributed by atoms with Gasteiger partial charge in [0.1, 0.15) is 0 Å². The Morgan fingerprint density at radius 1 is 0.880 bits per heavy atom. The van der Waals surface area contributed by atoms with E-state index in [1.807, 2.05) is 55.5 Å². The first-order valence-electron chi connectivity index (χ1n) is 7.86. The summed E-state index contributed by atoms with van der Waals surface area (Å²) < 4.78 is 28.8. The first-order valence-corrected chi connectivity index (χ1v) is 10.1. The van der Waals surface area contributed by atoms with Gasteiger partial charge in [-0.3, -0.25) is 4.31 Å². The Bertz CT molecular complexity index is 972. The number of hydrogen-bond acceptors (Lipinski definition) is 2. The van der Waals surface area contributed by atoms with Crippen LogP contribution in [0.5, 0.6) is 0 Å². The van der Waals surface area contributed by atoms with E-state index in [4.69, 9.17) is 0 Å². The molecule has 0 aliphatic rings. The van der Waals surface area contributed by atoms with Gasteiger partial charge in [-0.05, 0) is 42.8 Å². The van der Waals surface area contributed by atoms with Crippen LogP contribution in [0.4, 0.5) is 5.69 Å². The summed E-state index contributed by atoms with van der Waals surface area (Å²) in [6.45, 7) is 2.27. The maximum absolute atomic E-state index is 13.2. The van der Waals surface area contributed by atoms with Gasteiger partial charge >= 0.3 is 0 Å². The maximum Gasteiger partial charge on any atom is 0.264 e. The predicted molar refractivity (Wildman–Crippen MR) is 105 cm³/mol. The Hall–Kier alpha value is -2.11. The second kappa shape index (κ2) is 7.42. The molecule has 0 amide bonds. The molecular formula is C20H18BrNO2S. The lowest BCUT2D eigenvalue weighted by atomic mass is 10.1. The van der Waals surface area contributed by atoms with Gasteiger partial charge in [0.2, 0.25) is 0 Å². The van der Waals surface area contributed by atoms with Gasteiger partial charge in [0.25, 0.3) is 10.0 Å². The lowest BCUT2D eigenvalue weighted by Gasteiger charge is -2.25. The van der Waals surface area contributed by atoms with Crippen molar-refractivity contribution in [1.29, 1.82) is 0 Å². The van der Waals surface area contributed by atoms with Gasteiger partial charge in [-0.25, -0.2) is 8.42 Å². The zero-order valence-electron chi connectivity index (χ0n) is 13.8. The summed E-state index contributed by atoms with van der Waals surface area (Å²) in [5.41, 5.74) is 2.67. The number of aryl methyl sites for hydroxylation is 1. The van der Waals surface area contributed by atoms with Crippen molar-refractivity contribution in [3.8, 4) is 0 Å². The van der Waals surface area contributed by atoms with Crippen LogP contribution >= 0.6 is 15.9 Å². The third-order valence-corrected chi connectivity index (χ3v) is 6.12. The first-order chi connectivity index (χ1) is 12.0. The number of sulfonamides is 1. The lowest BCUT2D eigenvalue weighted by Crippen LogP contribution is -2.30. The van der Waals surface area contributed by atoms with E-state index in [9.17, 15) is 8.42 Å². The Morgan fingerprint density at radius 2 is 1.60 bits per heavy atom. The predicted octanol–water partition coefficient (Wildman–Crippen LogP) is 5.15. The van der Waals surface area contributed by atoms with E-state index in [0.29, 0.717) is 5.69 Å². The fraction of sp³-hybridized carbons (Fsp3) is 0.100. The Kier molecular flexibility index (Phi) is 5.25. The molecule has 3 aromatic rings. The monoisotopic (exact) mass is 415 g/mol. The quantitative estimate of drug-likeness (QED) is 0.577. The van der Waals surface area contributed by atoms with Crippen LogP contribution < -0.4 is 4.31 Å². The van der Waals surface area contributed by atoms with Gasteiger partial charge in [0, 0.05) is 4.47 Å². The van der Waals surface area contributed by atoms with E-state index >= 15 is 0 Å². The molecular weight excluding hydrogens is 398 g/mol. The molecule has 0 N–H and O–H groups in total. The molecule has 3 nitrogen and oxygen atoms in total. The highest BCUT2D eigenvalue weighted by molar-refractivity contribution is 9.10. The molecule has 0 unspecified atom stereocenters. The molecule has 3 aromatic carbocycles. The van der Waals surface area contributed by atoms with Gasteiger partial charge in [-0.15, -0.1) is 0 Å².